The topological polar surface area (TPSA) is 66.8 Å². The molecule has 0 bridgehead atoms. The van der Waals surface area contributed by atoms with E-state index in [9.17, 15) is 8.42 Å². The number of methoxy groups -OCH3 is 1. The van der Waals surface area contributed by atoms with Crippen LogP contribution in [0.1, 0.15) is 26.2 Å². The van der Waals surface area contributed by atoms with Gasteiger partial charge in [0.15, 0.2) is 0 Å². The molecule has 0 aliphatic carbocycles. The third kappa shape index (κ3) is 3.41. The molecule has 96 valence electrons. The number of ether oxygens (including phenoxy) is 1. The number of hydrogen-bond acceptors (Lipinski definition) is 4. The molecule has 5 nitrogen and oxygen atoms in total. The predicted molar refractivity (Wildman–Crippen MR) is 61.7 cm³/mol. The molecule has 1 fully saturated rings. The molecule has 1 atom stereocenters. The highest BCUT2D eigenvalue weighted by molar-refractivity contribution is 7.89. The summed E-state index contributed by atoms with van der Waals surface area (Å²) in [5, 5.41) is 8.67. The molecule has 0 aromatic rings. The molecule has 0 aromatic carbocycles. The second-order valence-electron chi connectivity index (χ2n) is 4.48. The number of sulfonamides is 1. The second-order valence-corrected chi connectivity index (χ2v) is 6.57. The first-order valence-electron chi connectivity index (χ1n) is 5.57. The minimum atomic E-state index is -3.23. The lowest BCUT2D eigenvalue weighted by atomic mass is 9.96. The molecular formula is C10H21NO4S. The first-order valence-corrected chi connectivity index (χ1v) is 7.18. The smallest absolute Gasteiger partial charge is 0.214 e. The SMILES string of the molecule is COC1(C)CCCN(S(=O)(=O)CCCO)C1. The van der Waals surface area contributed by atoms with Gasteiger partial charge in [-0.2, -0.15) is 4.31 Å². The molecule has 6 heteroatoms. The van der Waals surface area contributed by atoms with Gasteiger partial charge in [-0.25, -0.2) is 8.42 Å². The highest BCUT2D eigenvalue weighted by Gasteiger charge is 2.35. The van der Waals surface area contributed by atoms with E-state index in [4.69, 9.17) is 9.84 Å². The van der Waals surface area contributed by atoms with Crippen LogP contribution in [0, 0.1) is 0 Å². The van der Waals surface area contributed by atoms with Crippen molar-refractivity contribution < 1.29 is 18.3 Å². The molecule has 0 aromatic heterocycles. The van der Waals surface area contributed by atoms with Gasteiger partial charge in [-0.1, -0.05) is 0 Å². The molecule has 16 heavy (non-hydrogen) atoms. The summed E-state index contributed by atoms with van der Waals surface area (Å²) in [4.78, 5) is 0. The van der Waals surface area contributed by atoms with E-state index >= 15 is 0 Å². The Kier molecular flexibility index (Phi) is 4.73. The Hall–Kier alpha value is -0.170. The second kappa shape index (κ2) is 5.44. The maximum atomic E-state index is 11.9. The van der Waals surface area contributed by atoms with Gasteiger partial charge >= 0.3 is 0 Å². The largest absolute Gasteiger partial charge is 0.396 e. The number of nitrogens with zero attached hydrogens (tertiary/aromatic N) is 1. The highest BCUT2D eigenvalue weighted by Crippen LogP contribution is 2.25. The van der Waals surface area contributed by atoms with Crippen molar-refractivity contribution in [2.45, 2.75) is 31.8 Å². The van der Waals surface area contributed by atoms with Crippen LogP contribution in [-0.2, 0) is 14.8 Å². The average molecular weight is 251 g/mol. The van der Waals surface area contributed by atoms with Crippen molar-refractivity contribution in [3.05, 3.63) is 0 Å². The molecule has 0 saturated carbocycles. The summed E-state index contributed by atoms with van der Waals surface area (Å²) >= 11 is 0. The van der Waals surface area contributed by atoms with E-state index in [-0.39, 0.29) is 18.0 Å². The lowest BCUT2D eigenvalue weighted by Crippen LogP contribution is -2.50. The summed E-state index contributed by atoms with van der Waals surface area (Å²) in [6, 6.07) is 0. The lowest BCUT2D eigenvalue weighted by molar-refractivity contribution is -0.0319. The molecule has 0 amide bonds. The van der Waals surface area contributed by atoms with E-state index in [1.165, 1.54) is 4.31 Å². The molecule has 1 aliphatic heterocycles. The zero-order valence-electron chi connectivity index (χ0n) is 9.98. The van der Waals surface area contributed by atoms with E-state index in [0.717, 1.165) is 12.8 Å². The molecule has 1 heterocycles. The van der Waals surface area contributed by atoms with Gasteiger partial charge in [-0.3, -0.25) is 0 Å². The van der Waals surface area contributed by atoms with Crippen LogP contribution in [0.2, 0.25) is 0 Å². The fourth-order valence-electron chi connectivity index (χ4n) is 1.94. The third-order valence-corrected chi connectivity index (χ3v) is 4.97. The summed E-state index contributed by atoms with van der Waals surface area (Å²) < 4.78 is 30.6. The predicted octanol–water partition coefficient (Wildman–Crippen LogP) is 0.200. The first-order chi connectivity index (χ1) is 7.43. The molecule has 1 aliphatic rings. The van der Waals surface area contributed by atoms with E-state index in [1.807, 2.05) is 6.92 Å². The van der Waals surface area contributed by atoms with Crippen LogP contribution in [0.5, 0.6) is 0 Å². The van der Waals surface area contributed by atoms with Crippen molar-refractivity contribution in [3.8, 4) is 0 Å². The fraction of sp³-hybridized carbons (Fsp3) is 1.00. The van der Waals surface area contributed by atoms with Gasteiger partial charge in [-0.15, -0.1) is 0 Å². The fourth-order valence-corrected chi connectivity index (χ4v) is 3.57. The zero-order chi connectivity index (χ0) is 12.2. The molecule has 1 N–H and O–H groups in total. The normalized spacial score (nSPS) is 28.2. The number of rotatable bonds is 5. The van der Waals surface area contributed by atoms with Crippen LogP contribution < -0.4 is 0 Å². The quantitative estimate of drug-likeness (QED) is 0.758. The van der Waals surface area contributed by atoms with Gasteiger partial charge < -0.3 is 9.84 Å². The van der Waals surface area contributed by atoms with Crippen molar-refractivity contribution in [3.63, 3.8) is 0 Å². The van der Waals surface area contributed by atoms with Gasteiger partial charge in [0.1, 0.15) is 0 Å². The molecule has 0 radical (unpaired) electrons. The summed E-state index contributed by atoms with van der Waals surface area (Å²) in [6.07, 6.45) is 2.00. The maximum Gasteiger partial charge on any atom is 0.214 e. The Balaban J connectivity index is 2.66. The Morgan fingerprint density at radius 3 is 2.75 bits per heavy atom. The lowest BCUT2D eigenvalue weighted by Gasteiger charge is -2.38. The van der Waals surface area contributed by atoms with Crippen molar-refractivity contribution in [2.24, 2.45) is 0 Å². The van der Waals surface area contributed by atoms with Crippen LogP contribution in [0.15, 0.2) is 0 Å². The average Bonchev–Trinajstić information content (AvgIpc) is 2.27. The Bertz CT molecular complexity index is 317. The van der Waals surface area contributed by atoms with E-state index in [2.05, 4.69) is 0 Å². The van der Waals surface area contributed by atoms with Gasteiger partial charge in [0.25, 0.3) is 0 Å². The van der Waals surface area contributed by atoms with Gasteiger partial charge in [0.2, 0.25) is 10.0 Å². The molecule has 1 rings (SSSR count). The van der Waals surface area contributed by atoms with Crippen LogP contribution in [0.4, 0.5) is 0 Å². The van der Waals surface area contributed by atoms with E-state index < -0.39 is 10.0 Å². The highest BCUT2D eigenvalue weighted by atomic mass is 32.2. The Morgan fingerprint density at radius 1 is 1.50 bits per heavy atom. The standard InChI is InChI=1S/C10H21NO4S/c1-10(15-2)5-3-6-11(9-10)16(13,14)8-4-7-12/h12H,3-9H2,1-2H3. The molecule has 1 unspecified atom stereocenters. The zero-order valence-corrected chi connectivity index (χ0v) is 10.8. The summed E-state index contributed by atoms with van der Waals surface area (Å²) in [6.45, 7) is 2.82. The van der Waals surface area contributed by atoms with E-state index in [0.29, 0.717) is 19.5 Å². The molecular weight excluding hydrogens is 230 g/mol. The van der Waals surface area contributed by atoms with E-state index in [1.54, 1.807) is 7.11 Å². The van der Waals surface area contributed by atoms with Crippen molar-refractivity contribution in [1.29, 1.82) is 0 Å². The monoisotopic (exact) mass is 251 g/mol. The minimum Gasteiger partial charge on any atom is -0.396 e. The van der Waals surface area contributed by atoms with Gasteiger partial charge in [0, 0.05) is 26.8 Å². The third-order valence-electron chi connectivity index (χ3n) is 3.07. The van der Waals surface area contributed by atoms with Gasteiger partial charge in [-0.05, 0) is 26.2 Å². The summed E-state index contributed by atoms with van der Waals surface area (Å²) in [7, 11) is -1.62. The van der Waals surface area contributed by atoms with Gasteiger partial charge in [0.05, 0.1) is 11.4 Å². The number of aliphatic hydroxyl groups is 1. The number of hydrogen-bond donors (Lipinski definition) is 1. The Morgan fingerprint density at radius 2 is 2.19 bits per heavy atom. The number of piperidine rings is 1. The number of aliphatic hydroxyl groups excluding tert-OH is 1. The maximum absolute atomic E-state index is 11.9. The summed E-state index contributed by atoms with van der Waals surface area (Å²) in [5.74, 6) is 0.0172. The van der Waals surface area contributed by atoms with Crippen LogP contribution in [-0.4, -0.2) is 56.0 Å². The van der Waals surface area contributed by atoms with Crippen LogP contribution in [0.3, 0.4) is 0 Å². The van der Waals surface area contributed by atoms with Crippen molar-refractivity contribution in [1.82, 2.24) is 4.31 Å². The van der Waals surface area contributed by atoms with Crippen LogP contribution >= 0.6 is 0 Å². The van der Waals surface area contributed by atoms with Crippen molar-refractivity contribution in [2.75, 3.05) is 32.6 Å². The summed E-state index contributed by atoms with van der Waals surface area (Å²) in [5.41, 5.74) is -0.371. The van der Waals surface area contributed by atoms with Crippen molar-refractivity contribution >= 4 is 10.0 Å². The molecule has 1 saturated heterocycles. The Labute approximate surface area is 97.4 Å². The van der Waals surface area contributed by atoms with Crippen LogP contribution in [0.25, 0.3) is 0 Å². The first kappa shape index (κ1) is 13.9. The minimum absolute atomic E-state index is 0.0172. The molecule has 0 spiro atoms.